The SMILES string of the molecule is CC(C)=CCNC(=O)c1ncn[nH]1. The van der Waals surface area contributed by atoms with E-state index in [1.807, 2.05) is 19.9 Å². The number of H-pyrrole nitrogens is 1. The Labute approximate surface area is 76.3 Å². The summed E-state index contributed by atoms with van der Waals surface area (Å²) in [6.45, 7) is 4.46. The molecule has 5 nitrogen and oxygen atoms in total. The lowest BCUT2D eigenvalue weighted by Crippen LogP contribution is -2.24. The second-order valence-corrected chi connectivity index (χ2v) is 2.83. The van der Waals surface area contributed by atoms with E-state index < -0.39 is 0 Å². The number of hydrogen-bond acceptors (Lipinski definition) is 3. The monoisotopic (exact) mass is 180 g/mol. The zero-order valence-electron chi connectivity index (χ0n) is 7.66. The molecule has 13 heavy (non-hydrogen) atoms. The summed E-state index contributed by atoms with van der Waals surface area (Å²) in [6, 6.07) is 0. The molecule has 5 heteroatoms. The van der Waals surface area contributed by atoms with Crippen molar-refractivity contribution in [1.82, 2.24) is 20.5 Å². The van der Waals surface area contributed by atoms with Crippen LogP contribution in [-0.4, -0.2) is 27.6 Å². The number of carbonyl (C=O) groups is 1. The number of allylic oxidation sites excluding steroid dienone is 1. The molecule has 0 aliphatic heterocycles. The number of aromatic nitrogens is 3. The molecule has 0 saturated carbocycles. The van der Waals surface area contributed by atoms with Gasteiger partial charge < -0.3 is 5.32 Å². The van der Waals surface area contributed by atoms with Crippen LogP contribution in [0.15, 0.2) is 18.0 Å². The van der Waals surface area contributed by atoms with Crippen LogP contribution in [0.3, 0.4) is 0 Å². The fraction of sp³-hybridized carbons (Fsp3) is 0.375. The molecule has 1 aromatic rings. The predicted octanol–water partition coefficient (Wildman–Crippen LogP) is 0.501. The Bertz CT molecular complexity index is 298. The molecule has 0 spiro atoms. The normalized spacial score (nSPS) is 9.38. The van der Waals surface area contributed by atoms with Crippen molar-refractivity contribution in [2.75, 3.05) is 6.54 Å². The van der Waals surface area contributed by atoms with Gasteiger partial charge in [-0.2, -0.15) is 5.10 Å². The predicted molar refractivity (Wildman–Crippen MR) is 48.1 cm³/mol. The summed E-state index contributed by atoms with van der Waals surface area (Å²) in [6.07, 6.45) is 3.23. The van der Waals surface area contributed by atoms with Crippen molar-refractivity contribution in [3.63, 3.8) is 0 Å². The Morgan fingerprint density at radius 2 is 2.46 bits per heavy atom. The van der Waals surface area contributed by atoms with E-state index in [0.717, 1.165) is 5.57 Å². The molecular formula is C8H12N4O. The van der Waals surface area contributed by atoms with Crippen LogP contribution >= 0.6 is 0 Å². The number of nitrogens with one attached hydrogen (secondary N) is 2. The fourth-order valence-corrected chi connectivity index (χ4v) is 0.746. The molecule has 0 aromatic carbocycles. The van der Waals surface area contributed by atoms with Crippen LogP contribution in [0.1, 0.15) is 24.5 Å². The Balaban J connectivity index is 2.39. The van der Waals surface area contributed by atoms with Gasteiger partial charge in [0.25, 0.3) is 5.91 Å². The summed E-state index contributed by atoms with van der Waals surface area (Å²) >= 11 is 0. The Morgan fingerprint density at radius 1 is 1.69 bits per heavy atom. The van der Waals surface area contributed by atoms with Gasteiger partial charge in [0.2, 0.25) is 5.82 Å². The van der Waals surface area contributed by atoms with E-state index in [1.165, 1.54) is 6.33 Å². The average molecular weight is 180 g/mol. The summed E-state index contributed by atoms with van der Waals surface area (Å²) in [4.78, 5) is 14.9. The van der Waals surface area contributed by atoms with E-state index in [-0.39, 0.29) is 11.7 Å². The maximum Gasteiger partial charge on any atom is 0.288 e. The smallest absolute Gasteiger partial charge is 0.288 e. The van der Waals surface area contributed by atoms with E-state index in [2.05, 4.69) is 20.5 Å². The van der Waals surface area contributed by atoms with Gasteiger partial charge in [-0.05, 0) is 13.8 Å². The van der Waals surface area contributed by atoms with Crippen LogP contribution in [-0.2, 0) is 0 Å². The van der Waals surface area contributed by atoms with Crippen LogP contribution in [0.2, 0.25) is 0 Å². The number of rotatable bonds is 3. The number of amides is 1. The molecular weight excluding hydrogens is 168 g/mol. The van der Waals surface area contributed by atoms with E-state index >= 15 is 0 Å². The van der Waals surface area contributed by atoms with Crippen LogP contribution < -0.4 is 5.32 Å². The summed E-state index contributed by atoms with van der Waals surface area (Å²) in [7, 11) is 0. The van der Waals surface area contributed by atoms with Gasteiger partial charge in [0, 0.05) is 6.54 Å². The summed E-state index contributed by atoms with van der Waals surface area (Å²) in [5.74, 6) is -0.00263. The molecule has 0 saturated heterocycles. The van der Waals surface area contributed by atoms with Gasteiger partial charge in [0.15, 0.2) is 0 Å². The quantitative estimate of drug-likeness (QED) is 0.665. The second-order valence-electron chi connectivity index (χ2n) is 2.83. The first-order valence-electron chi connectivity index (χ1n) is 3.97. The maximum atomic E-state index is 11.2. The van der Waals surface area contributed by atoms with Crippen molar-refractivity contribution in [2.24, 2.45) is 0 Å². The first-order valence-corrected chi connectivity index (χ1v) is 3.97. The lowest BCUT2D eigenvalue weighted by Gasteiger charge is -1.97. The molecule has 1 heterocycles. The van der Waals surface area contributed by atoms with Crippen molar-refractivity contribution in [3.8, 4) is 0 Å². The van der Waals surface area contributed by atoms with Gasteiger partial charge in [-0.15, -0.1) is 0 Å². The average Bonchev–Trinajstić information content (AvgIpc) is 2.55. The third-order valence-electron chi connectivity index (χ3n) is 1.40. The minimum atomic E-state index is -0.241. The number of nitrogens with zero attached hydrogens (tertiary/aromatic N) is 2. The molecule has 70 valence electrons. The molecule has 1 amide bonds. The first kappa shape index (κ1) is 9.44. The van der Waals surface area contributed by atoms with Crippen LogP contribution in [0.25, 0.3) is 0 Å². The first-order chi connectivity index (χ1) is 6.20. The van der Waals surface area contributed by atoms with Crippen LogP contribution in [0.4, 0.5) is 0 Å². The highest BCUT2D eigenvalue weighted by molar-refractivity contribution is 5.90. The van der Waals surface area contributed by atoms with Gasteiger partial charge in [0.05, 0.1) is 0 Å². The number of aromatic amines is 1. The Hall–Kier alpha value is -1.65. The van der Waals surface area contributed by atoms with Crippen molar-refractivity contribution < 1.29 is 4.79 Å². The third kappa shape index (κ3) is 3.06. The molecule has 0 radical (unpaired) electrons. The zero-order chi connectivity index (χ0) is 9.68. The number of carbonyl (C=O) groups excluding carboxylic acids is 1. The molecule has 0 atom stereocenters. The number of hydrogen-bond donors (Lipinski definition) is 2. The van der Waals surface area contributed by atoms with Crippen molar-refractivity contribution >= 4 is 5.91 Å². The standard InChI is InChI=1S/C8H12N4O/c1-6(2)3-4-9-8(13)7-10-5-11-12-7/h3,5H,4H2,1-2H3,(H,9,13)(H,10,11,12). The largest absolute Gasteiger partial charge is 0.346 e. The van der Waals surface area contributed by atoms with Crippen LogP contribution in [0, 0.1) is 0 Å². The molecule has 2 N–H and O–H groups in total. The van der Waals surface area contributed by atoms with E-state index in [4.69, 9.17) is 0 Å². The highest BCUT2D eigenvalue weighted by Crippen LogP contribution is 1.87. The second kappa shape index (κ2) is 4.39. The molecule has 0 fully saturated rings. The van der Waals surface area contributed by atoms with Crippen molar-refractivity contribution in [2.45, 2.75) is 13.8 Å². The van der Waals surface area contributed by atoms with Crippen LogP contribution in [0.5, 0.6) is 0 Å². The molecule has 1 aromatic heterocycles. The van der Waals surface area contributed by atoms with Gasteiger partial charge in [0.1, 0.15) is 6.33 Å². The molecule has 0 aliphatic rings. The van der Waals surface area contributed by atoms with Crippen molar-refractivity contribution in [1.29, 1.82) is 0 Å². The topological polar surface area (TPSA) is 70.7 Å². The highest BCUT2D eigenvalue weighted by atomic mass is 16.2. The minimum absolute atomic E-state index is 0.238. The van der Waals surface area contributed by atoms with Gasteiger partial charge in [-0.1, -0.05) is 11.6 Å². The minimum Gasteiger partial charge on any atom is -0.346 e. The zero-order valence-corrected chi connectivity index (χ0v) is 7.66. The Kier molecular flexibility index (Phi) is 3.19. The van der Waals surface area contributed by atoms with E-state index in [9.17, 15) is 4.79 Å². The summed E-state index contributed by atoms with van der Waals surface area (Å²) in [5, 5.41) is 8.72. The fourth-order valence-electron chi connectivity index (χ4n) is 0.746. The molecule has 1 rings (SSSR count). The van der Waals surface area contributed by atoms with Gasteiger partial charge >= 0.3 is 0 Å². The van der Waals surface area contributed by atoms with Gasteiger partial charge in [-0.25, -0.2) is 4.98 Å². The van der Waals surface area contributed by atoms with Crippen molar-refractivity contribution in [3.05, 3.63) is 23.8 Å². The van der Waals surface area contributed by atoms with E-state index in [0.29, 0.717) is 6.54 Å². The molecule has 0 unspecified atom stereocenters. The van der Waals surface area contributed by atoms with Gasteiger partial charge in [-0.3, -0.25) is 9.89 Å². The van der Waals surface area contributed by atoms with E-state index in [1.54, 1.807) is 0 Å². The lowest BCUT2D eigenvalue weighted by atomic mass is 10.3. The highest BCUT2D eigenvalue weighted by Gasteiger charge is 2.05. The summed E-state index contributed by atoms with van der Waals surface area (Å²) < 4.78 is 0. The lowest BCUT2D eigenvalue weighted by molar-refractivity contribution is 0.0948. The Morgan fingerprint density at radius 3 is 3.00 bits per heavy atom. The maximum absolute atomic E-state index is 11.2. The summed E-state index contributed by atoms with van der Waals surface area (Å²) in [5.41, 5.74) is 1.16. The molecule has 0 bridgehead atoms. The third-order valence-corrected chi connectivity index (χ3v) is 1.40. The molecule has 0 aliphatic carbocycles.